The van der Waals surface area contributed by atoms with Crippen molar-refractivity contribution in [2.45, 2.75) is 36.2 Å². The van der Waals surface area contributed by atoms with Crippen LogP contribution in [0.4, 0.5) is 4.39 Å². The fourth-order valence-electron chi connectivity index (χ4n) is 3.48. The Morgan fingerprint density at radius 3 is 2.85 bits per heavy atom. The maximum atomic E-state index is 12.4. The summed E-state index contributed by atoms with van der Waals surface area (Å²) in [4.78, 5) is 16.5. The van der Waals surface area contributed by atoms with E-state index in [1.807, 2.05) is 25.1 Å². The molecule has 15 heteroatoms. The third kappa shape index (κ3) is 8.61. The van der Waals surface area contributed by atoms with Crippen LogP contribution in [0.1, 0.15) is 18.2 Å². The average Bonchev–Trinajstić information content (AvgIpc) is 3.53. The number of carbonyl (C=O) groups is 1. The first kappa shape index (κ1) is 28.7. The van der Waals surface area contributed by atoms with E-state index < -0.39 is 16.7 Å². The number of thiazole rings is 1. The Hall–Kier alpha value is -3.27. The predicted octanol–water partition coefficient (Wildman–Crippen LogP) is 2.90. The van der Waals surface area contributed by atoms with Crippen LogP contribution in [0, 0.1) is 0 Å². The summed E-state index contributed by atoms with van der Waals surface area (Å²) in [5.74, 6) is 2.37. The molecule has 0 aliphatic heterocycles. The van der Waals surface area contributed by atoms with Crippen LogP contribution in [0.15, 0.2) is 53.0 Å². The van der Waals surface area contributed by atoms with Gasteiger partial charge in [0.05, 0.1) is 16.4 Å². The topological polar surface area (TPSA) is 151 Å². The smallest absolute Gasteiger partial charge is 0.265 e. The number of alkyl halides is 1. The van der Waals surface area contributed by atoms with Crippen LogP contribution in [0.25, 0.3) is 10.2 Å². The number of nitrogens with zero attached hydrogens (tertiary/aromatic N) is 4. The van der Waals surface area contributed by atoms with Gasteiger partial charge in [-0.1, -0.05) is 17.3 Å². The number of nitrogens with two attached hydrogens (primary N) is 1. The van der Waals surface area contributed by atoms with Gasteiger partial charge in [0.15, 0.2) is 0 Å². The van der Waals surface area contributed by atoms with Crippen LogP contribution in [-0.2, 0) is 33.7 Å². The van der Waals surface area contributed by atoms with E-state index in [0.29, 0.717) is 33.2 Å². The molecule has 0 spiro atoms. The minimum atomic E-state index is -3.87. The third-order valence-corrected chi connectivity index (χ3v) is 8.78. The van der Waals surface area contributed by atoms with Crippen LogP contribution in [0.3, 0.4) is 0 Å². The summed E-state index contributed by atoms with van der Waals surface area (Å²) in [6.07, 6.45) is 1.62. The molecule has 0 aliphatic rings. The second kappa shape index (κ2) is 13.2. The summed E-state index contributed by atoms with van der Waals surface area (Å²) in [6, 6.07) is 12.5. The summed E-state index contributed by atoms with van der Waals surface area (Å²) in [5.41, 5.74) is 2.05. The summed E-state index contributed by atoms with van der Waals surface area (Å²) >= 11 is 2.66. The largest absolute Gasteiger partial charge is 0.491 e. The van der Waals surface area contributed by atoms with Gasteiger partial charge in [-0.2, -0.15) is 11.8 Å². The molecule has 11 nitrogen and oxygen atoms in total. The van der Waals surface area contributed by atoms with Crippen molar-refractivity contribution >= 4 is 49.2 Å². The molecule has 4 rings (SSSR count). The number of ether oxygens (including phenoxy) is 2. The zero-order valence-corrected chi connectivity index (χ0v) is 23.4. The van der Waals surface area contributed by atoms with Crippen LogP contribution in [0.2, 0.25) is 0 Å². The van der Waals surface area contributed by atoms with Gasteiger partial charge in [0.2, 0.25) is 10.2 Å². The number of primary sulfonamides is 1. The molecule has 2 aromatic heterocycles. The maximum absolute atomic E-state index is 12.4. The van der Waals surface area contributed by atoms with E-state index in [1.165, 1.54) is 4.68 Å². The second-order valence-electron chi connectivity index (χ2n) is 8.52. The minimum absolute atomic E-state index is 0.0110. The van der Waals surface area contributed by atoms with Gasteiger partial charge in [0.25, 0.3) is 10.0 Å². The van der Waals surface area contributed by atoms with E-state index in [-0.39, 0.29) is 36.0 Å². The third-order valence-electron chi connectivity index (χ3n) is 5.15. The Balaban J connectivity index is 1.20. The number of fused-ring (bicyclic) bond motifs is 1. The highest BCUT2D eigenvalue weighted by Gasteiger charge is 2.15. The molecular weight excluding hydrogens is 568 g/mol. The van der Waals surface area contributed by atoms with E-state index >= 15 is 0 Å². The molecule has 0 radical (unpaired) electrons. The highest BCUT2D eigenvalue weighted by Crippen LogP contribution is 2.28. The number of nitrogens with one attached hydrogen (secondary N) is 1. The highest BCUT2D eigenvalue weighted by atomic mass is 32.2. The molecule has 0 saturated heterocycles. The van der Waals surface area contributed by atoms with Gasteiger partial charge in [-0.25, -0.2) is 27.6 Å². The first-order valence-electron chi connectivity index (χ1n) is 11.8. The fraction of sp³-hybridized carbons (Fsp3) is 0.333. The molecule has 2 heterocycles. The Morgan fingerprint density at radius 1 is 1.23 bits per heavy atom. The Kier molecular flexibility index (Phi) is 9.72. The molecule has 39 heavy (non-hydrogen) atoms. The van der Waals surface area contributed by atoms with Gasteiger partial charge < -0.3 is 14.8 Å². The number of aromatic nitrogens is 4. The van der Waals surface area contributed by atoms with Gasteiger partial charge >= 0.3 is 0 Å². The molecule has 208 valence electrons. The van der Waals surface area contributed by atoms with Crippen molar-refractivity contribution in [3.63, 3.8) is 0 Å². The molecule has 1 atom stereocenters. The SMILES string of the molecule is C[C@H](CSCc1cccc(OCCF)c1)NC(=O)Cn1cc(COc2ccc3sc(S(N)(=O)=O)nc3c2)nn1. The standard InChI is InChI=1S/C24H27FN6O5S3/c1-16(14-37-15-17-3-2-4-19(9-17)35-8-7-25)27-23(32)12-31-11-18(29-30-31)13-36-20-5-6-22-21(10-20)28-24(38-22)39(26,33)34/h2-6,9-11,16H,7-8,12-15H2,1H3,(H,27,32)(H2,26,33,34)/t16-/m1/s1. The molecule has 4 aromatic rings. The molecule has 0 fully saturated rings. The predicted molar refractivity (Wildman–Crippen MR) is 147 cm³/mol. The van der Waals surface area contributed by atoms with Gasteiger partial charge in [0.1, 0.15) is 43.6 Å². The number of halogens is 1. The summed E-state index contributed by atoms with van der Waals surface area (Å²) in [5, 5.41) is 16.1. The summed E-state index contributed by atoms with van der Waals surface area (Å²) in [7, 11) is -3.87. The first-order chi connectivity index (χ1) is 18.7. The molecule has 0 unspecified atom stereocenters. The first-order valence-corrected chi connectivity index (χ1v) is 15.3. The number of thioether (sulfide) groups is 1. The van der Waals surface area contributed by atoms with Gasteiger partial charge in [-0.15, -0.1) is 16.4 Å². The quantitative estimate of drug-likeness (QED) is 0.225. The molecular formula is C24H27FN6O5S3. The Bertz CT molecular complexity index is 1530. The number of hydrogen-bond acceptors (Lipinski definition) is 10. The van der Waals surface area contributed by atoms with Crippen molar-refractivity contribution in [2.24, 2.45) is 5.14 Å². The average molecular weight is 595 g/mol. The molecule has 3 N–H and O–H groups in total. The van der Waals surface area contributed by atoms with Crippen molar-refractivity contribution in [3.8, 4) is 11.5 Å². The molecule has 2 aromatic carbocycles. The number of benzene rings is 2. The van der Waals surface area contributed by atoms with Gasteiger partial charge in [-0.05, 0) is 36.8 Å². The number of sulfonamides is 1. The van der Waals surface area contributed by atoms with Crippen LogP contribution in [-0.4, -0.2) is 59.4 Å². The maximum Gasteiger partial charge on any atom is 0.265 e. The van der Waals surface area contributed by atoms with E-state index in [9.17, 15) is 17.6 Å². The second-order valence-corrected chi connectivity index (χ2v) is 12.3. The zero-order chi connectivity index (χ0) is 27.8. The van der Waals surface area contributed by atoms with E-state index in [2.05, 4.69) is 20.6 Å². The normalized spacial score (nSPS) is 12.4. The summed E-state index contributed by atoms with van der Waals surface area (Å²) in [6.45, 7) is 1.55. The lowest BCUT2D eigenvalue weighted by Crippen LogP contribution is -2.36. The molecule has 0 saturated carbocycles. The minimum Gasteiger partial charge on any atom is -0.491 e. The van der Waals surface area contributed by atoms with E-state index in [0.717, 1.165) is 22.7 Å². The van der Waals surface area contributed by atoms with Gasteiger partial charge in [-0.3, -0.25) is 4.79 Å². The highest BCUT2D eigenvalue weighted by molar-refractivity contribution is 7.98. The Labute approximate surface area is 232 Å². The van der Waals surface area contributed by atoms with E-state index in [4.69, 9.17) is 14.6 Å². The van der Waals surface area contributed by atoms with Gasteiger partial charge in [0, 0.05) is 23.6 Å². The van der Waals surface area contributed by atoms with E-state index in [1.54, 1.807) is 42.2 Å². The lowest BCUT2D eigenvalue weighted by Gasteiger charge is -2.13. The lowest BCUT2D eigenvalue weighted by atomic mass is 10.2. The van der Waals surface area contributed by atoms with Crippen molar-refractivity contribution < 1.29 is 27.1 Å². The zero-order valence-electron chi connectivity index (χ0n) is 20.9. The summed E-state index contributed by atoms with van der Waals surface area (Å²) < 4.78 is 48.3. The number of carbonyl (C=O) groups excluding carboxylic acids is 1. The van der Waals surface area contributed by atoms with Crippen LogP contribution in [0.5, 0.6) is 11.5 Å². The van der Waals surface area contributed by atoms with Crippen LogP contribution < -0.4 is 19.9 Å². The van der Waals surface area contributed by atoms with Crippen molar-refractivity contribution in [1.29, 1.82) is 0 Å². The van der Waals surface area contributed by atoms with Crippen molar-refractivity contribution in [1.82, 2.24) is 25.3 Å². The Morgan fingerprint density at radius 2 is 2.05 bits per heavy atom. The van der Waals surface area contributed by atoms with Crippen LogP contribution >= 0.6 is 23.1 Å². The molecule has 0 aliphatic carbocycles. The fourth-order valence-corrected chi connectivity index (χ4v) is 6.09. The molecule has 0 bridgehead atoms. The molecule has 1 amide bonds. The number of amides is 1. The van der Waals surface area contributed by atoms with Crippen molar-refractivity contribution in [2.75, 3.05) is 19.0 Å². The number of rotatable bonds is 14. The monoisotopic (exact) mass is 594 g/mol. The van der Waals surface area contributed by atoms with Crippen molar-refractivity contribution in [3.05, 3.63) is 59.9 Å². The number of hydrogen-bond donors (Lipinski definition) is 2. The lowest BCUT2D eigenvalue weighted by molar-refractivity contribution is -0.122.